The fourth-order valence-corrected chi connectivity index (χ4v) is 4.98. The number of likely N-dealkylation sites (N-methyl/N-ethyl adjacent to an activating group) is 1. The molecule has 1 heterocycles. The number of hydrogen-bond acceptors (Lipinski definition) is 2. The van der Waals surface area contributed by atoms with Crippen molar-refractivity contribution >= 4 is 11.7 Å². The number of hydrogen-bond donors (Lipinski definition) is 1. The van der Waals surface area contributed by atoms with E-state index < -0.39 is 0 Å². The summed E-state index contributed by atoms with van der Waals surface area (Å²) in [5.74, 6) is 1.37. The van der Waals surface area contributed by atoms with E-state index in [0.29, 0.717) is 0 Å². The molecular weight excluding hydrogens is 382 g/mol. The van der Waals surface area contributed by atoms with Gasteiger partial charge in [-0.25, -0.2) is 4.99 Å². The molecule has 180 valence electrons. The van der Waals surface area contributed by atoms with Crippen molar-refractivity contribution in [2.24, 2.45) is 4.99 Å². The van der Waals surface area contributed by atoms with E-state index in [9.17, 15) is 4.79 Å². The second kappa shape index (κ2) is 17.4. The predicted molar refractivity (Wildman–Crippen MR) is 135 cm³/mol. The number of quaternary nitrogens is 1. The standard InChI is InChI=1S/C27H51N3O/c1-5-7-8-9-10-11-12-13-14-15-16-17-18-19-20-21-22-27-28-23-24-30(27,6-2)25(3)29-26(4)31/h7-8,25H,5-6,9-24H2,1-4H3/p+1/b8-7+. The minimum absolute atomic E-state index is 0.0598. The van der Waals surface area contributed by atoms with Crippen molar-refractivity contribution in [3.05, 3.63) is 12.2 Å². The van der Waals surface area contributed by atoms with Gasteiger partial charge in [0, 0.05) is 20.3 Å². The number of amidine groups is 1. The van der Waals surface area contributed by atoms with Gasteiger partial charge in [0.2, 0.25) is 5.91 Å². The molecule has 1 rings (SSSR count). The summed E-state index contributed by atoms with van der Waals surface area (Å²) in [6, 6.07) is 0. The van der Waals surface area contributed by atoms with Gasteiger partial charge in [-0.3, -0.25) is 9.28 Å². The lowest BCUT2D eigenvalue weighted by Gasteiger charge is -2.39. The maximum atomic E-state index is 11.5. The van der Waals surface area contributed by atoms with Gasteiger partial charge in [0.25, 0.3) is 0 Å². The molecule has 2 unspecified atom stereocenters. The maximum absolute atomic E-state index is 11.5. The number of unbranched alkanes of at least 4 members (excludes halogenated alkanes) is 12. The first-order valence-electron chi connectivity index (χ1n) is 13.4. The highest BCUT2D eigenvalue weighted by molar-refractivity contribution is 5.78. The van der Waals surface area contributed by atoms with Crippen LogP contribution in [0.1, 0.15) is 124 Å². The van der Waals surface area contributed by atoms with E-state index >= 15 is 0 Å². The quantitative estimate of drug-likeness (QED) is 0.131. The highest BCUT2D eigenvalue weighted by Gasteiger charge is 2.41. The molecule has 1 N–H and O–H groups in total. The second-order valence-corrected chi connectivity index (χ2v) is 9.41. The molecule has 0 bridgehead atoms. The lowest BCUT2D eigenvalue weighted by molar-refractivity contribution is -0.861. The Morgan fingerprint density at radius 1 is 0.935 bits per heavy atom. The molecule has 0 aliphatic carbocycles. The molecule has 0 radical (unpaired) electrons. The SMILES string of the molecule is CC/C=C/CCCCCCCCCCCCCCC1=NCC[N+]1(CC)C(C)NC(C)=O. The van der Waals surface area contributed by atoms with Crippen LogP contribution >= 0.6 is 0 Å². The number of aliphatic imine (C=N–C) groups is 1. The van der Waals surface area contributed by atoms with Crippen LogP contribution < -0.4 is 5.32 Å². The fraction of sp³-hybridized carbons (Fsp3) is 0.852. The summed E-state index contributed by atoms with van der Waals surface area (Å²) in [5, 5.41) is 3.11. The molecule has 4 nitrogen and oxygen atoms in total. The zero-order chi connectivity index (χ0) is 22.8. The fourth-order valence-electron chi connectivity index (χ4n) is 4.98. The minimum atomic E-state index is 0.0598. The summed E-state index contributed by atoms with van der Waals surface area (Å²) in [6.45, 7) is 11.1. The van der Waals surface area contributed by atoms with Gasteiger partial charge in [0.15, 0.2) is 12.0 Å². The number of carbonyl (C=O) groups is 1. The van der Waals surface area contributed by atoms with Crippen LogP contribution in [0, 0.1) is 0 Å². The van der Waals surface area contributed by atoms with Crippen LogP contribution in [-0.2, 0) is 4.79 Å². The average Bonchev–Trinajstić information content (AvgIpc) is 3.17. The second-order valence-electron chi connectivity index (χ2n) is 9.41. The van der Waals surface area contributed by atoms with Crippen molar-refractivity contribution in [1.29, 1.82) is 0 Å². The Hall–Kier alpha value is -1.16. The Morgan fingerprint density at radius 2 is 1.48 bits per heavy atom. The number of rotatable bonds is 19. The zero-order valence-corrected chi connectivity index (χ0v) is 21.3. The zero-order valence-electron chi connectivity index (χ0n) is 21.3. The van der Waals surface area contributed by atoms with E-state index in [4.69, 9.17) is 4.99 Å². The van der Waals surface area contributed by atoms with Gasteiger partial charge < -0.3 is 5.32 Å². The summed E-state index contributed by atoms with van der Waals surface area (Å²) in [5.41, 5.74) is 0. The monoisotopic (exact) mass is 434 g/mol. The van der Waals surface area contributed by atoms with Crippen LogP contribution in [0.25, 0.3) is 0 Å². The summed E-state index contributed by atoms with van der Waals surface area (Å²) in [6.07, 6.45) is 24.8. The van der Waals surface area contributed by atoms with Crippen LogP contribution in [0.2, 0.25) is 0 Å². The topological polar surface area (TPSA) is 41.5 Å². The number of nitrogens with one attached hydrogen (secondary N) is 1. The molecule has 1 amide bonds. The van der Waals surface area contributed by atoms with Crippen molar-refractivity contribution in [3.8, 4) is 0 Å². The minimum Gasteiger partial charge on any atom is -0.307 e. The average molecular weight is 435 g/mol. The molecule has 4 heteroatoms. The third kappa shape index (κ3) is 11.3. The van der Waals surface area contributed by atoms with Crippen LogP contribution in [0.4, 0.5) is 0 Å². The van der Waals surface area contributed by atoms with Crippen molar-refractivity contribution in [3.63, 3.8) is 0 Å². The largest absolute Gasteiger partial charge is 0.307 e. The molecular formula is C27H52N3O+. The highest BCUT2D eigenvalue weighted by atomic mass is 16.1. The third-order valence-electron chi connectivity index (χ3n) is 6.95. The van der Waals surface area contributed by atoms with E-state index in [1.165, 1.54) is 95.7 Å². The summed E-state index contributed by atoms with van der Waals surface area (Å²) >= 11 is 0. The summed E-state index contributed by atoms with van der Waals surface area (Å²) in [7, 11) is 0. The normalized spacial score (nSPS) is 19.7. The van der Waals surface area contributed by atoms with Gasteiger partial charge in [0.05, 0.1) is 13.1 Å². The van der Waals surface area contributed by atoms with Crippen molar-refractivity contribution in [2.75, 3.05) is 19.6 Å². The summed E-state index contributed by atoms with van der Waals surface area (Å²) < 4.78 is 0.856. The lowest BCUT2D eigenvalue weighted by atomic mass is 10.0. The Bertz CT molecular complexity index is 529. The molecule has 0 fully saturated rings. The van der Waals surface area contributed by atoms with Crippen molar-refractivity contribution in [1.82, 2.24) is 5.32 Å². The maximum Gasteiger partial charge on any atom is 0.221 e. The molecule has 2 atom stereocenters. The number of nitrogens with zero attached hydrogens (tertiary/aromatic N) is 2. The molecule has 0 aromatic rings. The van der Waals surface area contributed by atoms with Gasteiger partial charge in [-0.05, 0) is 32.6 Å². The van der Waals surface area contributed by atoms with Crippen LogP contribution in [-0.4, -0.2) is 42.0 Å². The number of allylic oxidation sites excluding steroid dienone is 2. The van der Waals surface area contributed by atoms with E-state index in [1.54, 1.807) is 6.92 Å². The van der Waals surface area contributed by atoms with Crippen molar-refractivity contribution < 1.29 is 9.28 Å². The summed E-state index contributed by atoms with van der Waals surface area (Å²) in [4.78, 5) is 16.4. The molecule has 0 aromatic heterocycles. The smallest absolute Gasteiger partial charge is 0.221 e. The molecule has 0 saturated carbocycles. The van der Waals surface area contributed by atoms with Crippen LogP contribution in [0.3, 0.4) is 0 Å². The third-order valence-corrected chi connectivity index (χ3v) is 6.95. The molecule has 1 aliphatic rings. The van der Waals surface area contributed by atoms with Gasteiger partial charge in [-0.2, -0.15) is 0 Å². The molecule has 1 aliphatic heterocycles. The van der Waals surface area contributed by atoms with Crippen LogP contribution in [0.15, 0.2) is 17.1 Å². The van der Waals surface area contributed by atoms with E-state index in [0.717, 1.165) is 30.5 Å². The predicted octanol–water partition coefficient (Wildman–Crippen LogP) is 7.14. The van der Waals surface area contributed by atoms with Gasteiger partial charge in [0.1, 0.15) is 6.54 Å². The number of carbonyl (C=O) groups excluding carboxylic acids is 1. The molecule has 0 spiro atoms. The van der Waals surface area contributed by atoms with E-state index in [2.05, 4.69) is 38.2 Å². The first kappa shape index (κ1) is 27.9. The number of amides is 1. The first-order valence-corrected chi connectivity index (χ1v) is 13.4. The van der Waals surface area contributed by atoms with Gasteiger partial charge >= 0.3 is 0 Å². The Labute approximate surface area is 193 Å². The Morgan fingerprint density at radius 3 is 2.00 bits per heavy atom. The highest BCUT2D eigenvalue weighted by Crippen LogP contribution is 2.23. The van der Waals surface area contributed by atoms with Crippen molar-refractivity contribution in [2.45, 2.75) is 130 Å². The van der Waals surface area contributed by atoms with Gasteiger partial charge in [-0.15, -0.1) is 0 Å². The molecule has 31 heavy (non-hydrogen) atoms. The Balaban J connectivity index is 2.01. The first-order chi connectivity index (χ1) is 15.1. The Kier molecular flexibility index (Phi) is 15.6. The van der Waals surface area contributed by atoms with Gasteiger partial charge in [-0.1, -0.05) is 83.3 Å². The lowest BCUT2D eigenvalue weighted by Crippen LogP contribution is -2.62. The van der Waals surface area contributed by atoms with E-state index in [-0.39, 0.29) is 12.1 Å². The molecule has 0 saturated heterocycles. The molecule has 0 aromatic carbocycles. The van der Waals surface area contributed by atoms with E-state index in [1.807, 2.05) is 0 Å². The van der Waals surface area contributed by atoms with Crippen LogP contribution in [0.5, 0.6) is 0 Å².